The second-order valence-corrected chi connectivity index (χ2v) is 5.03. The molecule has 0 spiro atoms. The molecule has 0 fully saturated rings. The van der Waals surface area contributed by atoms with Gasteiger partial charge < -0.3 is 10.5 Å². The van der Waals surface area contributed by atoms with Crippen molar-refractivity contribution < 1.29 is 9.53 Å². The van der Waals surface area contributed by atoms with Crippen molar-refractivity contribution in [2.24, 2.45) is 11.7 Å². The predicted molar refractivity (Wildman–Crippen MR) is 57.9 cm³/mol. The Morgan fingerprint density at radius 3 is 2.21 bits per heavy atom. The van der Waals surface area contributed by atoms with Crippen LogP contribution in [0.1, 0.15) is 47.5 Å². The summed E-state index contributed by atoms with van der Waals surface area (Å²) < 4.78 is 5.17. The number of nitrogens with two attached hydrogens (primary N) is 1. The minimum atomic E-state index is -0.390. The van der Waals surface area contributed by atoms with Gasteiger partial charge in [-0.05, 0) is 33.1 Å². The largest absolute Gasteiger partial charge is 0.460 e. The van der Waals surface area contributed by atoms with Gasteiger partial charge in [-0.3, -0.25) is 4.79 Å². The number of hydrogen-bond acceptors (Lipinski definition) is 3. The zero-order chi connectivity index (χ0) is 11.4. The number of carbonyl (C=O) groups excluding carboxylic acids is 1. The molecule has 0 radical (unpaired) electrons. The summed E-state index contributed by atoms with van der Waals surface area (Å²) >= 11 is 0. The molecule has 0 aromatic heterocycles. The van der Waals surface area contributed by atoms with Crippen molar-refractivity contribution in [1.82, 2.24) is 0 Å². The van der Waals surface area contributed by atoms with E-state index in [1.807, 2.05) is 20.8 Å². The third kappa shape index (κ3) is 6.89. The van der Waals surface area contributed by atoms with Crippen LogP contribution in [-0.4, -0.2) is 17.6 Å². The van der Waals surface area contributed by atoms with Gasteiger partial charge in [0.2, 0.25) is 0 Å². The second kappa shape index (κ2) is 5.35. The average molecular weight is 201 g/mol. The number of esters is 1. The molecule has 0 saturated carbocycles. The summed E-state index contributed by atoms with van der Waals surface area (Å²) in [4.78, 5) is 11.3. The van der Waals surface area contributed by atoms with Gasteiger partial charge in [-0.2, -0.15) is 0 Å². The van der Waals surface area contributed by atoms with Crippen LogP contribution in [-0.2, 0) is 9.53 Å². The predicted octanol–water partition coefficient (Wildman–Crippen LogP) is 2.09. The normalized spacial score (nSPS) is 14.2. The zero-order valence-corrected chi connectivity index (χ0v) is 9.96. The Labute approximate surface area is 87.0 Å². The lowest BCUT2D eigenvalue weighted by atomic mass is 10.0. The molecule has 84 valence electrons. The third-order valence-corrected chi connectivity index (χ3v) is 1.96. The van der Waals surface area contributed by atoms with Crippen LogP contribution in [0.3, 0.4) is 0 Å². The van der Waals surface area contributed by atoms with Crippen LogP contribution in [0.4, 0.5) is 0 Å². The number of rotatable bonds is 4. The van der Waals surface area contributed by atoms with E-state index < -0.39 is 0 Å². The Balaban J connectivity index is 3.75. The van der Waals surface area contributed by atoms with Crippen molar-refractivity contribution in [3.05, 3.63) is 0 Å². The first-order valence-electron chi connectivity index (χ1n) is 5.20. The molecule has 0 aliphatic rings. The lowest BCUT2D eigenvalue weighted by molar-refractivity contribution is -0.155. The van der Waals surface area contributed by atoms with Crippen LogP contribution < -0.4 is 5.73 Å². The van der Waals surface area contributed by atoms with Gasteiger partial charge in [0.1, 0.15) is 5.60 Å². The summed E-state index contributed by atoms with van der Waals surface area (Å²) in [5, 5.41) is 0. The number of carbonyl (C=O) groups is 1. The van der Waals surface area contributed by atoms with E-state index in [4.69, 9.17) is 10.5 Å². The Hall–Kier alpha value is -0.570. The van der Waals surface area contributed by atoms with Crippen molar-refractivity contribution in [3.8, 4) is 0 Å². The Kier molecular flexibility index (Phi) is 5.13. The van der Waals surface area contributed by atoms with Crippen LogP contribution in [0.25, 0.3) is 0 Å². The molecule has 0 aliphatic carbocycles. The lowest BCUT2D eigenvalue weighted by Gasteiger charge is -2.20. The first-order chi connectivity index (χ1) is 6.22. The molecule has 0 rings (SSSR count). The summed E-state index contributed by atoms with van der Waals surface area (Å²) in [7, 11) is 0. The maximum atomic E-state index is 11.3. The van der Waals surface area contributed by atoms with E-state index in [1.54, 1.807) is 0 Å². The molecule has 14 heavy (non-hydrogen) atoms. The van der Waals surface area contributed by atoms with Gasteiger partial charge >= 0.3 is 5.97 Å². The Bertz CT molecular complexity index is 182. The van der Waals surface area contributed by atoms with E-state index in [1.165, 1.54) is 0 Å². The fraction of sp³-hybridized carbons (Fsp3) is 0.909. The maximum Gasteiger partial charge on any atom is 0.306 e. The van der Waals surface area contributed by atoms with Crippen molar-refractivity contribution in [3.63, 3.8) is 0 Å². The minimum Gasteiger partial charge on any atom is -0.460 e. The second-order valence-electron chi connectivity index (χ2n) is 5.03. The molecule has 0 heterocycles. The van der Waals surface area contributed by atoms with Crippen molar-refractivity contribution in [1.29, 1.82) is 0 Å². The molecule has 0 unspecified atom stereocenters. The fourth-order valence-corrected chi connectivity index (χ4v) is 1.01. The fourth-order valence-electron chi connectivity index (χ4n) is 1.01. The number of ether oxygens (including phenoxy) is 1. The third-order valence-electron chi connectivity index (χ3n) is 1.96. The van der Waals surface area contributed by atoms with Crippen LogP contribution in [0.2, 0.25) is 0 Å². The molecule has 0 saturated heterocycles. The molecule has 0 aromatic rings. The highest BCUT2D eigenvalue weighted by Crippen LogP contribution is 2.11. The van der Waals surface area contributed by atoms with Crippen molar-refractivity contribution in [2.75, 3.05) is 0 Å². The highest BCUT2D eigenvalue weighted by Gasteiger charge is 2.17. The lowest BCUT2D eigenvalue weighted by Crippen LogP contribution is -2.29. The summed E-state index contributed by atoms with van der Waals surface area (Å²) in [5.74, 6) is 0.256. The highest BCUT2D eigenvalue weighted by molar-refractivity contribution is 5.69. The average Bonchev–Trinajstić information content (AvgIpc) is 1.96. The van der Waals surface area contributed by atoms with Gasteiger partial charge in [-0.25, -0.2) is 0 Å². The van der Waals surface area contributed by atoms with E-state index in [9.17, 15) is 4.79 Å². The molecular weight excluding hydrogens is 178 g/mol. The minimum absolute atomic E-state index is 0.0857. The van der Waals surface area contributed by atoms with Crippen molar-refractivity contribution >= 4 is 5.97 Å². The van der Waals surface area contributed by atoms with Gasteiger partial charge in [-0.15, -0.1) is 0 Å². The summed E-state index contributed by atoms with van der Waals surface area (Å²) in [6.45, 7) is 9.72. The number of hydrogen-bond donors (Lipinski definition) is 1. The molecular formula is C11H23NO2. The van der Waals surface area contributed by atoms with Crippen LogP contribution in [0, 0.1) is 5.92 Å². The standard InChI is InChI=1S/C11H23NO2/c1-8(2)9(12)6-7-10(13)14-11(3,4)5/h8-9H,6-7,12H2,1-5H3/t9-/m1/s1. The van der Waals surface area contributed by atoms with Crippen LogP contribution in [0.5, 0.6) is 0 Å². The first-order valence-corrected chi connectivity index (χ1v) is 5.20. The first kappa shape index (κ1) is 13.4. The molecule has 0 aliphatic heterocycles. The van der Waals surface area contributed by atoms with E-state index in [-0.39, 0.29) is 17.6 Å². The van der Waals surface area contributed by atoms with Gasteiger partial charge in [0.15, 0.2) is 0 Å². The van der Waals surface area contributed by atoms with Gasteiger partial charge in [0.05, 0.1) is 0 Å². The van der Waals surface area contributed by atoms with Crippen LogP contribution >= 0.6 is 0 Å². The topological polar surface area (TPSA) is 52.3 Å². The zero-order valence-electron chi connectivity index (χ0n) is 9.96. The van der Waals surface area contributed by atoms with E-state index in [0.717, 1.165) is 0 Å². The van der Waals surface area contributed by atoms with Gasteiger partial charge in [0.25, 0.3) is 0 Å². The SMILES string of the molecule is CC(C)[C@H](N)CCC(=O)OC(C)(C)C. The van der Waals surface area contributed by atoms with Gasteiger partial charge in [-0.1, -0.05) is 13.8 Å². The molecule has 2 N–H and O–H groups in total. The molecule has 0 bridgehead atoms. The molecule has 3 heteroatoms. The van der Waals surface area contributed by atoms with Crippen LogP contribution in [0.15, 0.2) is 0 Å². The molecule has 1 atom stereocenters. The van der Waals surface area contributed by atoms with E-state index in [2.05, 4.69) is 13.8 Å². The summed E-state index contributed by atoms with van der Waals surface area (Å²) in [6.07, 6.45) is 1.11. The van der Waals surface area contributed by atoms with E-state index in [0.29, 0.717) is 18.8 Å². The molecule has 3 nitrogen and oxygen atoms in total. The van der Waals surface area contributed by atoms with Crippen molar-refractivity contribution in [2.45, 2.75) is 59.1 Å². The molecule has 0 aromatic carbocycles. The maximum absolute atomic E-state index is 11.3. The van der Waals surface area contributed by atoms with Gasteiger partial charge in [0, 0.05) is 12.5 Å². The Morgan fingerprint density at radius 1 is 1.36 bits per heavy atom. The highest BCUT2D eigenvalue weighted by atomic mass is 16.6. The summed E-state index contributed by atoms with van der Waals surface area (Å²) in [6, 6.07) is 0.0857. The monoisotopic (exact) mass is 201 g/mol. The summed E-state index contributed by atoms with van der Waals surface area (Å²) in [5.41, 5.74) is 5.43. The molecule has 0 amide bonds. The smallest absolute Gasteiger partial charge is 0.306 e. The quantitative estimate of drug-likeness (QED) is 0.709. The Morgan fingerprint density at radius 2 is 1.86 bits per heavy atom. The van der Waals surface area contributed by atoms with E-state index >= 15 is 0 Å².